The molecule has 1 unspecified atom stereocenters. The highest BCUT2D eigenvalue weighted by molar-refractivity contribution is 7.89. The van der Waals surface area contributed by atoms with Gasteiger partial charge in [0.05, 0.1) is 22.0 Å². The Kier molecular flexibility index (Phi) is 3.67. The average Bonchev–Trinajstić information content (AvgIpc) is 2.74. The smallest absolute Gasteiger partial charge is 0.312 e. The van der Waals surface area contributed by atoms with Crippen molar-refractivity contribution in [3.05, 3.63) is 28.3 Å². The molecule has 1 heterocycles. The first kappa shape index (κ1) is 14.7. The van der Waals surface area contributed by atoms with Gasteiger partial charge >= 0.3 is 5.69 Å². The van der Waals surface area contributed by atoms with Crippen LogP contribution >= 0.6 is 0 Å². The molecule has 2 rings (SSSR count). The molecule has 1 aliphatic rings. The van der Waals surface area contributed by atoms with Gasteiger partial charge < -0.3 is 9.84 Å². The van der Waals surface area contributed by atoms with Gasteiger partial charge in [-0.1, -0.05) is 0 Å². The molecule has 0 bridgehead atoms. The molecule has 1 aromatic carbocycles. The van der Waals surface area contributed by atoms with E-state index in [0.717, 1.165) is 18.2 Å². The molecule has 1 aliphatic heterocycles. The number of hydrogen-bond donors (Lipinski definition) is 2. The zero-order valence-corrected chi connectivity index (χ0v) is 11.5. The van der Waals surface area contributed by atoms with Gasteiger partial charge in [0.2, 0.25) is 10.0 Å². The van der Waals surface area contributed by atoms with E-state index in [2.05, 4.69) is 4.72 Å². The molecule has 8 nitrogen and oxygen atoms in total. The molecular weight excluding hydrogens is 288 g/mol. The van der Waals surface area contributed by atoms with Gasteiger partial charge in [0.25, 0.3) is 0 Å². The van der Waals surface area contributed by atoms with E-state index in [1.54, 1.807) is 6.92 Å². The van der Waals surface area contributed by atoms with Crippen LogP contribution in [0.1, 0.15) is 13.3 Å². The average molecular weight is 302 g/mol. The van der Waals surface area contributed by atoms with Crippen LogP contribution in [0.5, 0.6) is 5.75 Å². The quantitative estimate of drug-likeness (QED) is 0.626. The third kappa shape index (κ3) is 2.89. The number of aromatic hydroxyl groups is 1. The van der Waals surface area contributed by atoms with E-state index >= 15 is 0 Å². The molecule has 0 spiro atoms. The first-order valence-electron chi connectivity index (χ1n) is 5.83. The zero-order valence-electron chi connectivity index (χ0n) is 10.7. The van der Waals surface area contributed by atoms with Crippen molar-refractivity contribution in [3.63, 3.8) is 0 Å². The number of benzene rings is 1. The van der Waals surface area contributed by atoms with E-state index in [-0.39, 0.29) is 11.5 Å². The summed E-state index contributed by atoms with van der Waals surface area (Å²) in [5, 5.41) is 20.0. The van der Waals surface area contributed by atoms with Crippen LogP contribution in [-0.2, 0) is 14.8 Å². The van der Waals surface area contributed by atoms with Crippen LogP contribution < -0.4 is 4.72 Å². The summed E-state index contributed by atoms with van der Waals surface area (Å²) in [6, 6.07) is 2.93. The summed E-state index contributed by atoms with van der Waals surface area (Å²) in [6.07, 6.45) is 0.520. The predicted molar refractivity (Wildman–Crippen MR) is 68.9 cm³/mol. The van der Waals surface area contributed by atoms with Crippen LogP contribution in [0, 0.1) is 10.1 Å². The van der Waals surface area contributed by atoms with Crippen molar-refractivity contribution in [1.29, 1.82) is 0 Å². The minimum Gasteiger partial charge on any atom is -0.502 e. The number of phenols is 1. The fourth-order valence-electron chi connectivity index (χ4n) is 1.95. The molecule has 110 valence electrons. The third-order valence-electron chi connectivity index (χ3n) is 3.05. The number of phenolic OH excluding ortho intramolecular Hbond substituents is 1. The minimum atomic E-state index is -3.92. The van der Waals surface area contributed by atoms with E-state index in [9.17, 15) is 23.6 Å². The minimum absolute atomic E-state index is 0.242. The zero-order chi connectivity index (χ0) is 15.0. The number of sulfonamides is 1. The Bertz CT molecular complexity index is 636. The molecule has 9 heteroatoms. The summed E-state index contributed by atoms with van der Waals surface area (Å²) >= 11 is 0. The summed E-state index contributed by atoms with van der Waals surface area (Å²) in [5.74, 6) is -0.579. The maximum Gasteiger partial charge on any atom is 0.312 e. The van der Waals surface area contributed by atoms with Crippen molar-refractivity contribution in [2.45, 2.75) is 23.8 Å². The van der Waals surface area contributed by atoms with Crippen LogP contribution in [0.4, 0.5) is 5.69 Å². The van der Waals surface area contributed by atoms with Crippen LogP contribution in [0.2, 0.25) is 0 Å². The molecule has 2 N–H and O–H groups in total. The van der Waals surface area contributed by atoms with Crippen LogP contribution in [0.15, 0.2) is 23.1 Å². The number of nitro benzene ring substituents is 1. The fourth-order valence-corrected chi connectivity index (χ4v) is 3.39. The van der Waals surface area contributed by atoms with E-state index in [4.69, 9.17) is 4.74 Å². The fraction of sp³-hybridized carbons (Fsp3) is 0.455. The highest BCUT2D eigenvalue weighted by Gasteiger charge is 2.35. The number of nitrogens with zero attached hydrogens (tertiary/aromatic N) is 1. The standard InChI is InChI=1S/C11H14N2O6S/c1-11(4-5-19-7-11)12-20(17,18)8-2-3-10(14)9(6-8)13(15)16/h2-3,6,12,14H,4-5,7H2,1H3. The van der Waals surface area contributed by atoms with E-state index in [1.807, 2.05) is 0 Å². The predicted octanol–water partition coefficient (Wildman–Crippen LogP) is 0.758. The molecule has 20 heavy (non-hydrogen) atoms. The summed E-state index contributed by atoms with van der Waals surface area (Å²) in [7, 11) is -3.92. The molecule has 1 saturated heterocycles. The molecule has 1 aromatic rings. The number of rotatable bonds is 4. The Hall–Kier alpha value is -1.71. The van der Waals surface area contributed by atoms with Gasteiger partial charge in [0, 0.05) is 12.7 Å². The van der Waals surface area contributed by atoms with Gasteiger partial charge in [-0.25, -0.2) is 13.1 Å². The summed E-state index contributed by atoms with van der Waals surface area (Å²) in [5.41, 5.74) is -1.38. The Balaban J connectivity index is 2.34. The summed E-state index contributed by atoms with van der Waals surface area (Å²) < 4.78 is 32.0. The molecule has 0 saturated carbocycles. The second-order valence-corrected chi connectivity index (χ2v) is 6.56. The van der Waals surface area contributed by atoms with Crippen molar-refractivity contribution in [2.24, 2.45) is 0 Å². The van der Waals surface area contributed by atoms with Gasteiger partial charge in [-0.05, 0) is 25.5 Å². The summed E-state index contributed by atoms with van der Waals surface area (Å²) in [6.45, 7) is 2.40. The summed E-state index contributed by atoms with van der Waals surface area (Å²) in [4.78, 5) is 9.61. The first-order chi connectivity index (χ1) is 9.23. The Morgan fingerprint density at radius 1 is 1.50 bits per heavy atom. The largest absolute Gasteiger partial charge is 0.502 e. The molecule has 1 fully saturated rings. The van der Waals surface area contributed by atoms with Crippen molar-refractivity contribution in [2.75, 3.05) is 13.2 Å². The highest BCUT2D eigenvalue weighted by atomic mass is 32.2. The van der Waals surface area contributed by atoms with E-state index < -0.39 is 31.9 Å². The van der Waals surface area contributed by atoms with Crippen LogP contribution in [-0.4, -0.2) is 37.2 Å². The molecule has 0 amide bonds. The lowest BCUT2D eigenvalue weighted by Crippen LogP contribution is -2.46. The number of nitrogens with one attached hydrogen (secondary N) is 1. The number of nitro groups is 1. The first-order valence-corrected chi connectivity index (χ1v) is 7.31. The normalized spacial score (nSPS) is 22.9. The molecule has 0 aromatic heterocycles. The molecule has 0 aliphatic carbocycles. The lowest BCUT2D eigenvalue weighted by atomic mass is 10.0. The third-order valence-corrected chi connectivity index (χ3v) is 4.69. The Morgan fingerprint density at radius 2 is 2.20 bits per heavy atom. The van der Waals surface area contributed by atoms with Crippen LogP contribution in [0.3, 0.4) is 0 Å². The van der Waals surface area contributed by atoms with E-state index in [1.165, 1.54) is 0 Å². The lowest BCUT2D eigenvalue weighted by Gasteiger charge is -2.23. The second-order valence-electron chi connectivity index (χ2n) is 4.88. The van der Waals surface area contributed by atoms with Crippen molar-refractivity contribution in [1.82, 2.24) is 4.72 Å². The van der Waals surface area contributed by atoms with Crippen molar-refractivity contribution >= 4 is 15.7 Å². The molecule has 1 atom stereocenters. The molecule has 0 radical (unpaired) electrons. The maximum atomic E-state index is 12.2. The lowest BCUT2D eigenvalue weighted by molar-refractivity contribution is -0.386. The topological polar surface area (TPSA) is 119 Å². The van der Waals surface area contributed by atoms with Gasteiger partial charge in [-0.3, -0.25) is 10.1 Å². The van der Waals surface area contributed by atoms with Gasteiger partial charge in [-0.15, -0.1) is 0 Å². The molecular formula is C11H14N2O6S. The van der Waals surface area contributed by atoms with Gasteiger partial charge in [0.1, 0.15) is 0 Å². The van der Waals surface area contributed by atoms with Crippen molar-refractivity contribution in [3.8, 4) is 5.75 Å². The Morgan fingerprint density at radius 3 is 2.75 bits per heavy atom. The second kappa shape index (κ2) is 5.00. The monoisotopic (exact) mass is 302 g/mol. The number of hydrogen-bond acceptors (Lipinski definition) is 6. The van der Waals surface area contributed by atoms with Crippen molar-refractivity contribution < 1.29 is 23.2 Å². The van der Waals surface area contributed by atoms with E-state index in [0.29, 0.717) is 13.0 Å². The van der Waals surface area contributed by atoms with Crippen LogP contribution in [0.25, 0.3) is 0 Å². The number of ether oxygens (including phenoxy) is 1. The van der Waals surface area contributed by atoms with Gasteiger partial charge in [0.15, 0.2) is 5.75 Å². The Labute approximate surface area is 115 Å². The SMILES string of the molecule is CC1(NS(=O)(=O)c2ccc(O)c([N+](=O)[O-])c2)CCOC1. The maximum absolute atomic E-state index is 12.2. The van der Waals surface area contributed by atoms with Gasteiger partial charge in [-0.2, -0.15) is 0 Å². The highest BCUT2D eigenvalue weighted by Crippen LogP contribution is 2.29.